The average Bonchev–Trinajstić information content (AvgIpc) is 3.28. The van der Waals surface area contributed by atoms with E-state index < -0.39 is 0 Å². The predicted molar refractivity (Wildman–Crippen MR) is 120 cm³/mol. The van der Waals surface area contributed by atoms with Crippen LogP contribution >= 0.6 is 22.9 Å². The van der Waals surface area contributed by atoms with E-state index in [9.17, 15) is 0 Å². The molecule has 1 unspecified atom stereocenters. The van der Waals surface area contributed by atoms with Crippen molar-refractivity contribution in [1.29, 1.82) is 0 Å². The minimum Gasteiger partial charge on any atom is -0.301 e. The number of hydrazine groups is 1. The highest BCUT2D eigenvalue weighted by Crippen LogP contribution is 2.38. The summed E-state index contributed by atoms with van der Waals surface area (Å²) in [5, 5.41) is 8.14. The molecule has 0 spiro atoms. The first-order valence-electron chi connectivity index (χ1n) is 9.46. The van der Waals surface area contributed by atoms with Crippen molar-refractivity contribution in [2.75, 3.05) is 0 Å². The molecule has 3 nitrogen and oxygen atoms in total. The number of hydrogen-bond acceptors (Lipinski definition) is 4. The van der Waals surface area contributed by atoms with Crippen LogP contribution in [0.2, 0.25) is 5.02 Å². The lowest BCUT2D eigenvalue weighted by Crippen LogP contribution is -2.37. The topological polar surface area (TPSA) is 28.2 Å². The Morgan fingerprint density at radius 1 is 1.36 bits per heavy atom. The van der Waals surface area contributed by atoms with Gasteiger partial charge in [0, 0.05) is 33.4 Å². The molecule has 0 saturated carbocycles. The van der Waals surface area contributed by atoms with Gasteiger partial charge in [-0.1, -0.05) is 43.8 Å². The minimum atomic E-state index is 0.0903. The molecule has 28 heavy (non-hydrogen) atoms. The summed E-state index contributed by atoms with van der Waals surface area (Å²) in [6.07, 6.45) is 1.67. The van der Waals surface area contributed by atoms with Crippen LogP contribution in [0.4, 0.5) is 0 Å². The molecule has 3 heterocycles. The third-order valence-electron chi connectivity index (χ3n) is 5.48. The van der Waals surface area contributed by atoms with Gasteiger partial charge in [-0.25, -0.2) is 4.98 Å². The van der Waals surface area contributed by atoms with Gasteiger partial charge in [-0.15, -0.1) is 11.3 Å². The first kappa shape index (κ1) is 19.0. The number of pyridine rings is 1. The number of nitrogens with zero attached hydrogens (tertiary/aromatic N) is 2. The molecule has 0 amide bonds. The zero-order valence-corrected chi connectivity index (χ0v) is 18.0. The third-order valence-corrected chi connectivity index (χ3v) is 6.61. The van der Waals surface area contributed by atoms with Crippen LogP contribution in [-0.4, -0.2) is 9.99 Å². The average molecular weight is 410 g/mol. The summed E-state index contributed by atoms with van der Waals surface area (Å²) in [5.74, 6) is 0. The lowest BCUT2D eigenvalue weighted by Gasteiger charge is -2.28. The van der Waals surface area contributed by atoms with Crippen molar-refractivity contribution in [2.24, 2.45) is 0 Å². The first-order valence-corrected chi connectivity index (χ1v) is 10.7. The number of nitrogens with one attached hydrogen (secondary N) is 1. The molecule has 1 atom stereocenters. The maximum atomic E-state index is 6.63. The first-order chi connectivity index (χ1) is 13.4. The van der Waals surface area contributed by atoms with E-state index in [2.05, 4.69) is 67.9 Å². The van der Waals surface area contributed by atoms with Gasteiger partial charge in [0.05, 0.1) is 11.4 Å². The van der Waals surface area contributed by atoms with Crippen molar-refractivity contribution in [2.45, 2.75) is 39.7 Å². The highest BCUT2D eigenvalue weighted by atomic mass is 35.5. The quantitative estimate of drug-likeness (QED) is 0.662. The highest BCUT2D eigenvalue weighted by molar-refractivity contribution is 7.16. The van der Waals surface area contributed by atoms with Crippen molar-refractivity contribution in [3.05, 3.63) is 74.2 Å². The summed E-state index contributed by atoms with van der Waals surface area (Å²) in [6, 6.07) is 8.49. The van der Waals surface area contributed by atoms with Gasteiger partial charge in [0.15, 0.2) is 0 Å². The van der Waals surface area contributed by atoms with Crippen LogP contribution in [0.25, 0.3) is 22.5 Å². The molecule has 144 valence electrons. The second-order valence-electron chi connectivity index (χ2n) is 7.32. The fourth-order valence-electron chi connectivity index (χ4n) is 3.94. The van der Waals surface area contributed by atoms with E-state index in [4.69, 9.17) is 16.6 Å². The normalized spacial score (nSPS) is 18.6. The number of thiophene rings is 1. The van der Waals surface area contributed by atoms with Gasteiger partial charge in [-0.05, 0) is 54.5 Å². The van der Waals surface area contributed by atoms with Crippen LogP contribution < -0.4 is 16.0 Å². The Kier molecular flexibility index (Phi) is 4.94. The SMILES string of the molecule is C=C(CC)N1NC(=c2c(C)c3ccsc3nc2=C)CC1c1ccc(C)cc1Cl. The Bertz CT molecular complexity index is 1190. The molecule has 0 aliphatic carbocycles. The van der Waals surface area contributed by atoms with E-state index in [1.807, 2.05) is 6.07 Å². The number of allylic oxidation sites excluding steroid dienone is 1. The molecular weight excluding hydrogens is 386 g/mol. The van der Waals surface area contributed by atoms with Gasteiger partial charge in [0.25, 0.3) is 0 Å². The molecule has 1 saturated heterocycles. The summed E-state index contributed by atoms with van der Waals surface area (Å²) in [4.78, 5) is 5.78. The Hall–Kier alpha value is -2.30. The van der Waals surface area contributed by atoms with Gasteiger partial charge in [0.2, 0.25) is 0 Å². The van der Waals surface area contributed by atoms with Gasteiger partial charge in [0.1, 0.15) is 4.83 Å². The molecule has 1 aromatic carbocycles. The van der Waals surface area contributed by atoms with Crippen molar-refractivity contribution >= 4 is 45.4 Å². The van der Waals surface area contributed by atoms with Gasteiger partial charge < -0.3 is 5.43 Å². The van der Waals surface area contributed by atoms with E-state index in [1.54, 1.807) is 11.3 Å². The maximum absolute atomic E-state index is 6.63. The Balaban J connectivity index is 1.91. The van der Waals surface area contributed by atoms with E-state index in [0.29, 0.717) is 0 Å². The number of fused-ring (bicyclic) bond motifs is 1. The molecule has 1 aliphatic rings. The number of aryl methyl sites for hydroxylation is 2. The summed E-state index contributed by atoms with van der Waals surface area (Å²) in [6.45, 7) is 14.8. The van der Waals surface area contributed by atoms with Crippen molar-refractivity contribution in [3.8, 4) is 0 Å². The van der Waals surface area contributed by atoms with Gasteiger partial charge in [-0.3, -0.25) is 5.01 Å². The van der Waals surface area contributed by atoms with Crippen LogP contribution in [0.15, 0.2) is 41.9 Å². The van der Waals surface area contributed by atoms with Crippen LogP contribution in [0, 0.1) is 13.8 Å². The van der Waals surface area contributed by atoms with E-state index in [0.717, 1.165) is 55.8 Å². The zero-order valence-electron chi connectivity index (χ0n) is 16.5. The highest BCUT2D eigenvalue weighted by Gasteiger charge is 2.32. The molecule has 1 N–H and O–H groups in total. The molecule has 1 fully saturated rings. The minimum absolute atomic E-state index is 0.0903. The molecule has 0 radical (unpaired) electrons. The summed E-state index contributed by atoms with van der Waals surface area (Å²) < 4.78 is 0. The lowest BCUT2D eigenvalue weighted by atomic mass is 9.99. The van der Waals surface area contributed by atoms with Crippen molar-refractivity contribution in [3.63, 3.8) is 0 Å². The molecule has 2 aromatic heterocycles. The number of halogens is 1. The molecule has 4 rings (SSSR count). The van der Waals surface area contributed by atoms with Crippen LogP contribution in [0.3, 0.4) is 0 Å². The molecular formula is C23H24ClN3S. The third kappa shape index (κ3) is 3.11. The number of rotatable bonds is 3. The number of benzene rings is 1. The summed E-state index contributed by atoms with van der Waals surface area (Å²) >= 11 is 8.28. The van der Waals surface area contributed by atoms with E-state index in [1.165, 1.54) is 10.9 Å². The standard InChI is InChI=1S/C23H24ClN3S/c1-6-14(3)27-21(18-8-7-13(2)11-19(18)24)12-20(26-27)22-15(4)17-9-10-28-23(17)25-16(22)5/h7-11,21,26H,3,5-6,12H2,1-2,4H3. The lowest BCUT2D eigenvalue weighted by molar-refractivity contribution is 0.254. The molecule has 0 bridgehead atoms. The molecule has 1 aliphatic heterocycles. The Labute approximate surface area is 174 Å². The van der Waals surface area contributed by atoms with Crippen LogP contribution in [0.5, 0.6) is 0 Å². The smallest absolute Gasteiger partial charge is 0.124 e. The Morgan fingerprint density at radius 3 is 2.86 bits per heavy atom. The Morgan fingerprint density at radius 2 is 2.14 bits per heavy atom. The van der Waals surface area contributed by atoms with Crippen LogP contribution in [-0.2, 0) is 0 Å². The molecule has 3 aromatic rings. The second-order valence-corrected chi connectivity index (χ2v) is 8.62. The monoisotopic (exact) mass is 409 g/mol. The maximum Gasteiger partial charge on any atom is 0.124 e. The van der Waals surface area contributed by atoms with E-state index in [-0.39, 0.29) is 6.04 Å². The van der Waals surface area contributed by atoms with Gasteiger partial charge in [-0.2, -0.15) is 0 Å². The summed E-state index contributed by atoms with van der Waals surface area (Å²) in [5.41, 5.74) is 9.25. The van der Waals surface area contributed by atoms with Crippen LogP contribution in [0.1, 0.15) is 42.5 Å². The largest absolute Gasteiger partial charge is 0.301 e. The second kappa shape index (κ2) is 7.26. The van der Waals surface area contributed by atoms with Gasteiger partial charge >= 0.3 is 0 Å². The molecule has 5 heteroatoms. The van der Waals surface area contributed by atoms with Crippen molar-refractivity contribution in [1.82, 2.24) is 15.4 Å². The number of hydrogen-bond donors (Lipinski definition) is 1. The van der Waals surface area contributed by atoms with E-state index >= 15 is 0 Å². The zero-order chi connectivity index (χ0) is 20.0. The predicted octanol–water partition coefficient (Wildman–Crippen LogP) is 4.96. The number of aromatic nitrogens is 1. The van der Waals surface area contributed by atoms with Crippen molar-refractivity contribution < 1.29 is 0 Å². The fourth-order valence-corrected chi connectivity index (χ4v) is 5.14. The fraction of sp³-hybridized carbons (Fsp3) is 0.261. The summed E-state index contributed by atoms with van der Waals surface area (Å²) in [7, 11) is 0.